The first-order valence-corrected chi connectivity index (χ1v) is 11.6. The summed E-state index contributed by atoms with van der Waals surface area (Å²) in [7, 11) is -3.84. The van der Waals surface area contributed by atoms with Gasteiger partial charge in [0.05, 0.1) is 4.90 Å². The van der Waals surface area contributed by atoms with Crippen LogP contribution in [0.4, 0.5) is 0 Å². The molecule has 1 aromatic carbocycles. The highest BCUT2D eigenvalue weighted by molar-refractivity contribution is 7.98. The fraction of sp³-hybridized carbons (Fsp3) is 0.588. The standard InChI is InChI=1S/C17H24N2O5S2/c1-25-11-6-14(17(20)19-7-2-3-8-19)18-26(21,22)13-4-5-15-16(12-13)24-10-9-23-15/h4-5,12,14,18H,2-3,6-11H2,1H3. The van der Waals surface area contributed by atoms with Crippen LogP contribution in [0.3, 0.4) is 0 Å². The highest BCUT2D eigenvalue weighted by Crippen LogP contribution is 2.32. The maximum Gasteiger partial charge on any atom is 0.241 e. The first-order valence-electron chi connectivity index (χ1n) is 8.71. The Bertz CT molecular complexity index is 748. The SMILES string of the molecule is CSCCC(NS(=O)(=O)c1ccc2c(c1)OCCO2)C(=O)N1CCCC1. The number of hydrogen-bond donors (Lipinski definition) is 1. The van der Waals surface area contributed by atoms with Crippen molar-refractivity contribution in [2.24, 2.45) is 0 Å². The maximum absolute atomic E-state index is 12.8. The van der Waals surface area contributed by atoms with E-state index in [0.717, 1.165) is 12.8 Å². The van der Waals surface area contributed by atoms with Gasteiger partial charge in [0, 0.05) is 19.2 Å². The van der Waals surface area contributed by atoms with E-state index in [0.29, 0.717) is 50.0 Å². The Morgan fingerprint density at radius 1 is 1.23 bits per heavy atom. The molecule has 1 fully saturated rings. The molecule has 0 saturated carbocycles. The molecule has 1 aromatic rings. The second-order valence-electron chi connectivity index (χ2n) is 6.29. The topological polar surface area (TPSA) is 84.9 Å². The third kappa shape index (κ3) is 4.44. The fourth-order valence-corrected chi connectivity index (χ4v) is 4.78. The number of nitrogens with zero attached hydrogens (tertiary/aromatic N) is 1. The van der Waals surface area contributed by atoms with Crippen molar-refractivity contribution in [2.45, 2.75) is 30.2 Å². The van der Waals surface area contributed by atoms with Gasteiger partial charge >= 0.3 is 0 Å². The predicted molar refractivity (Wildman–Crippen MR) is 100 cm³/mol. The molecule has 26 heavy (non-hydrogen) atoms. The third-order valence-corrected chi connectivity index (χ3v) is 6.56. The molecule has 1 unspecified atom stereocenters. The van der Waals surface area contributed by atoms with Crippen LogP contribution >= 0.6 is 11.8 Å². The zero-order valence-corrected chi connectivity index (χ0v) is 16.4. The Labute approximate surface area is 158 Å². The molecular formula is C17H24N2O5S2. The van der Waals surface area contributed by atoms with Crippen molar-refractivity contribution in [3.05, 3.63) is 18.2 Å². The number of carbonyl (C=O) groups excluding carboxylic acids is 1. The highest BCUT2D eigenvalue weighted by atomic mass is 32.2. The Hall–Kier alpha value is -1.45. The van der Waals surface area contributed by atoms with Crippen molar-refractivity contribution < 1.29 is 22.7 Å². The summed E-state index contributed by atoms with van der Waals surface area (Å²) in [4.78, 5) is 14.6. The van der Waals surface area contributed by atoms with E-state index in [1.54, 1.807) is 22.7 Å². The average molecular weight is 401 g/mol. The maximum atomic E-state index is 12.8. The number of carbonyl (C=O) groups is 1. The lowest BCUT2D eigenvalue weighted by Crippen LogP contribution is -2.48. The van der Waals surface area contributed by atoms with Gasteiger partial charge in [0.2, 0.25) is 15.9 Å². The molecule has 144 valence electrons. The molecule has 1 saturated heterocycles. The molecule has 3 rings (SSSR count). The minimum Gasteiger partial charge on any atom is -0.486 e. The zero-order chi connectivity index (χ0) is 18.6. The van der Waals surface area contributed by atoms with Crippen molar-refractivity contribution in [3.8, 4) is 11.5 Å². The van der Waals surface area contributed by atoms with Crippen LogP contribution in [-0.4, -0.2) is 63.6 Å². The van der Waals surface area contributed by atoms with Gasteiger partial charge in [0.25, 0.3) is 0 Å². The number of fused-ring (bicyclic) bond motifs is 1. The van der Waals surface area contributed by atoms with Crippen molar-refractivity contribution in [1.29, 1.82) is 0 Å². The summed E-state index contributed by atoms with van der Waals surface area (Å²) >= 11 is 1.59. The smallest absolute Gasteiger partial charge is 0.241 e. The van der Waals surface area contributed by atoms with Crippen LogP contribution in [0.2, 0.25) is 0 Å². The first kappa shape index (κ1) is 19.3. The second-order valence-corrected chi connectivity index (χ2v) is 8.99. The molecule has 2 aliphatic rings. The average Bonchev–Trinajstić information content (AvgIpc) is 3.18. The van der Waals surface area contributed by atoms with Gasteiger partial charge in [0.15, 0.2) is 11.5 Å². The number of amides is 1. The lowest BCUT2D eigenvalue weighted by Gasteiger charge is -2.24. The zero-order valence-electron chi connectivity index (χ0n) is 14.8. The number of hydrogen-bond acceptors (Lipinski definition) is 6. The number of thioether (sulfide) groups is 1. The highest BCUT2D eigenvalue weighted by Gasteiger charge is 2.30. The summed E-state index contributed by atoms with van der Waals surface area (Å²) in [6.07, 6.45) is 4.33. The summed E-state index contributed by atoms with van der Waals surface area (Å²) in [5.41, 5.74) is 0. The van der Waals surface area contributed by atoms with Gasteiger partial charge in [-0.05, 0) is 43.4 Å². The van der Waals surface area contributed by atoms with E-state index in [4.69, 9.17) is 9.47 Å². The molecule has 1 N–H and O–H groups in total. The molecule has 7 nitrogen and oxygen atoms in total. The monoisotopic (exact) mass is 400 g/mol. The van der Waals surface area contributed by atoms with Crippen LogP contribution in [0.1, 0.15) is 19.3 Å². The van der Waals surface area contributed by atoms with Crippen LogP contribution in [-0.2, 0) is 14.8 Å². The van der Waals surface area contributed by atoms with E-state index in [9.17, 15) is 13.2 Å². The number of rotatable bonds is 7. The summed E-state index contributed by atoms with van der Waals surface area (Å²) in [6, 6.07) is 3.76. The van der Waals surface area contributed by atoms with E-state index >= 15 is 0 Å². The quantitative estimate of drug-likeness (QED) is 0.746. The number of benzene rings is 1. The van der Waals surface area contributed by atoms with Crippen LogP contribution in [0.15, 0.2) is 23.1 Å². The lowest BCUT2D eigenvalue weighted by molar-refractivity contribution is -0.131. The Balaban J connectivity index is 1.78. The second kappa shape index (κ2) is 8.49. The number of ether oxygens (including phenoxy) is 2. The number of nitrogens with one attached hydrogen (secondary N) is 1. The lowest BCUT2D eigenvalue weighted by atomic mass is 10.2. The molecule has 2 aliphatic heterocycles. The van der Waals surface area contributed by atoms with Crippen LogP contribution < -0.4 is 14.2 Å². The Morgan fingerprint density at radius 2 is 1.92 bits per heavy atom. The van der Waals surface area contributed by atoms with Gasteiger partial charge in [-0.1, -0.05) is 0 Å². The molecule has 0 spiro atoms. The fourth-order valence-electron chi connectivity index (χ4n) is 3.07. The summed E-state index contributed by atoms with van der Waals surface area (Å²) < 4.78 is 39.1. The molecule has 9 heteroatoms. The molecule has 0 aliphatic carbocycles. The minimum atomic E-state index is -3.84. The van der Waals surface area contributed by atoms with E-state index in [1.807, 2.05) is 6.26 Å². The molecular weight excluding hydrogens is 376 g/mol. The number of sulfonamides is 1. The van der Waals surface area contributed by atoms with E-state index in [-0.39, 0.29) is 10.8 Å². The van der Waals surface area contributed by atoms with Gasteiger partial charge in [-0.3, -0.25) is 4.79 Å². The van der Waals surface area contributed by atoms with Gasteiger partial charge in [0.1, 0.15) is 19.3 Å². The van der Waals surface area contributed by atoms with Crippen LogP contribution in [0, 0.1) is 0 Å². The molecule has 1 atom stereocenters. The summed E-state index contributed by atoms with van der Waals surface area (Å²) in [5.74, 6) is 1.50. The van der Waals surface area contributed by atoms with Gasteiger partial charge in [-0.2, -0.15) is 16.5 Å². The Morgan fingerprint density at radius 3 is 2.62 bits per heavy atom. The normalized spacial score (nSPS) is 18.0. The third-order valence-electron chi connectivity index (χ3n) is 4.45. The summed E-state index contributed by atoms with van der Waals surface area (Å²) in [5, 5.41) is 0. The van der Waals surface area contributed by atoms with Crippen LogP contribution in [0.25, 0.3) is 0 Å². The van der Waals surface area contributed by atoms with Crippen molar-refractivity contribution in [2.75, 3.05) is 38.3 Å². The molecule has 2 heterocycles. The van der Waals surface area contributed by atoms with E-state index < -0.39 is 16.1 Å². The molecule has 0 aromatic heterocycles. The van der Waals surface area contributed by atoms with E-state index in [2.05, 4.69) is 4.72 Å². The largest absolute Gasteiger partial charge is 0.486 e. The van der Waals surface area contributed by atoms with Gasteiger partial charge in [-0.15, -0.1) is 0 Å². The molecule has 0 radical (unpaired) electrons. The minimum absolute atomic E-state index is 0.0742. The van der Waals surface area contributed by atoms with Crippen LogP contribution in [0.5, 0.6) is 11.5 Å². The van der Waals surface area contributed by atoms with Crippen molar-refractivity contribution in [1.82, 2.24) is 9.62 Å². The molecule has 1 amide bonds. The predicted octanol–water partition coefficient (Wildman–Crippen LogP) is 1.48. The van der Waals surface area contributed by atoms with Gasteiger partial charge < -0.3 is 14.4 Å². The van der Waals surface area contributed by atoms with E-state index in [1.165, 1.54) is 12.1 Å². The first-order chi connectivity index (χ1) is 12.5. The van der Waals surface area contributed by atoms with Crippen molar-refractivity contribution >= 4 is 27.7 Å². The Kier molecular flexibility index (Phi) is 6.31. The molecule has 0 bridgehead atoms. The summed E-state index contributed by atoms with van der Waals surface area (Å²) in [6.45, 7) is 2.22. The van der Waals surface area contributed by atoms with Crippen molar-refractivity contribution in [3.63, 3.8) is 0 Å². The number of likely N-dealkylation sites (tertiary alicyclic amines) is 1. The van der Waals surface area contributed by atoms with Gasteiger partial charge in [-0.25, -0.2) is 8.42 Å².